The van der Waals surface area contributed by atoms with Crippen LogP contribution in [0.2, 0.25) is 0 Å². The molecule has 3 aliphatic carbocycles. The maximum atomic E-state index is 14.5. The van der Waals surface area contributed by atoms with Crippen molar-refractivity contribution in [3.63, 3.8) is 0 Å². The van der Waals surface area contributed by atoms with Crippen LogP contribution in [-0.4, -0.2) is 12.7 Å². The number of benzene rings is 1. The summed E-state index contributed by atoms with van der Waals surface area (Å²) in [5.74, 6) is 3.01. The average molecular weight is 431 g/mol. The third-order valence-electron chi connectivity index (χ3n) is 8.68. The molecule has 0 radical (unpaired) electrons. The Balaban J connectivity index is 1.30. The van der Waals surface area contributed by atoms with Crippen LogP contribution < -0.4 is 0 Å². The molecule has 3 aliphatic rings. The van der Waals surface area contributed by atoms with Crippen LogP contribution in [0, 0.1) is 35.3 Å². The Morgan fingerprint density at radius 3 is 2.10 bits per heavy atom. The summed E-state index contributed by atoms with van der Waals surface area (Å²) in [6, 6.07) is 3.21. The Labute approximate surface area is 187 Å². The number of hydrogen-bond acceptors (Lipinski definition) is 1. The summed E-state index contributed by atoms with van der Waals surface area (Å²) in [6.45, 7) is 6.61. The molecular formula is C28H40F2O. The van der Waals surface area contributed by atoms with Gasteiger partial charge in [0.1, 0.15) is 11.6 Å². The Hall–Kier alpha value is -1.22. The standard InChI is InChI=1S/C28H40F2O/c1-3-5-6-26-27(29)17-24(18-28(26)30)20-9-7-19(8-10-20)21-11-12-23-16-25(31-4-2)14-13-22(23)15-21/h3,17-23,25H,1,4-16H2,2H3. The minimum absolute atomic E-state index is 0.216. The molecule has 0 N–H and O–H groups in total. The number of fused-ring (bicyclic) bond motifs is 1. The van der Waals surface area contributed by atoms with Gasteiger partial charge in [0.2, 0.25) is 0 Å². The van der Waals surface area contributed by atoms with Gasteiger partial charge in [0.25, 0.3) is 0 Å². The number of hydrogen-bond donors (Lipinski definition) is 0. The number of ether oxygens (including phenoxy) is 1. The van der Waals surface area contributed by atoms with Gasteiger partial charge in [-0.2, -0.15) is 0 Å². The highest BCUT2D eigenvalue weighted by Gasteiger charge is 2.39. The smallest absolute Gasteiger partial charge is 0.129 e. The van der Waals surface area contributed by atoms with E-state index < -0.39 is 0 Å². The SMILES string of the molecule is C=CCCc1c(F)cc(C2CCC(C3CCC4CC(OCC)CCC4C3)CC2)cc1F. The third-order valence-corrected chi connectivity index (χ3v) is 8.68. The molecule has 1 aromatic carbocycles. The molecule has 1 nitrogen and oxygen atoms in total. The van der Waals surface area contributed by atoms with Crippen molar-refractivity contribution in [2.75, 3.05) is 6.61 Å². The van der Waals surface area contributed by atoms with Crippen LogP contribution in [0.25, 0.3) is 0 Å². The molecule has 0 spiro atoms. The average Bonchev–Trinajstić information content (AvgIpc) is 2.78. The summed E-state index contributed by atoms with van der Waals surface area (Å²) in [5.41, 5.74) is 1.09. The van der Waals surface area contributed by atoms with E-state index in [0.717, 1.165) is 48.7 Å². The molecule has 0 aliphatic heterocycles. The largest absolute Gasteiger partial charge is 0.378 e. The van der Waals surface area contributed by atoms with Crippen molar-refractivity contribution < 1.29 is 13.5 Å². The maximum absolute atomic E-state index is 14.5. The van der Waals surface area contributed by atoms with E-state index in [2.05, 4.69) is 13.5 Å². The Kier molecular flexibility index (Phi) is 7.85. The van der Waals surface area contributed by atoms with Crippen LogP contribution in [-0.2, 0) is 11.2 Å². The lowest BCUT2D eigenvalue weighted by molar-refractivity contribution is -0.0205. The van der Waals surface area contributed by atoms with Crippen LogP contribution in [0.4, 0.5) is 8.78 Å². The predicted molar refractivity (Wildman–Crippen MR) is 123 cm³/mol. The van der Waals surface area contributed by atoms with E-state index in [1.807, 2.05) is 0 Å². The fourth-order valence-corrected chi connectivity index (χ4v) is 6.97. The monoisotopic (exact) mass is 430 g/mol. The van der Waals surface area contributed by atoms with E-state index >= 15 is 0 Å². The Morgan fingerprint density at radius 2 is 1.45 bits per heavy atom. The van der Waals surface area contributed by atoms with Gasteiger partial charge < -0.3 is 4.74 Å². The molecule has 0 saturated heterocycles. The fraction of sp³-hybridized carbons (Fsp3) is 0.714. The summed E-state index contributed by atoms with van der Waals surface area (Å²) >= 11 is 0. The van der Waals surface area contributed by atoms with Gasteiger partial charge in [-0.1, -0.05) is 6.08 Å². The lowest BCUT2D eigenvalue weighted by Gasteiger charge is -2.45. The van der Waals surface area contributed by atoms with Crippen LogP contribution in [0.15, 0.2) is 24.8 Å². The molecule has 0 bridgehead atoms. The van der Waals surface area contributed by atoms with Gasteiger partial charge in [-0.3, -0.25) is 0 Å². The maximum Gasteiger partial charge on any atom is 0.129 e. The lowest BCUT2D eigenvalue weighted by Crippen LogP contribution is -2.36. The molecule has 3 heteroatoms. The Bertz CT molecular complexity index is 714. The minimum atomic E-state index is -0.375. The highest BCUT2D eigenvalue weighted by molar-refractivity contribution is 5.29. The van der Waals surface area contributed by atoms with Crippen molar-refractivity contribution >= 4 is 0 Å². The van der Waals surface area contributed by atoms with Gasteiger partial charge >= 0.3 is 0 Å². The second kappa shape index (κ2) is 10.6. The topological polar surface area (TPSA) is 9.23 Å². The summed E-state index contributed by atoms with van der Waals surface area (Å²) in [6.07, 6.45) is 15.8. The molecule has 1 aromatic rings. The molecule has 172 valence electrons. The molecular weight excluding hydrogens is 390 g/mol. The van der Waals surface area contributed by atoms with Crippen LogP contribution >= 0.6 is 0 Å². The second-order valence-electron chi connectivity index (χ2n) is 10.4. The van der Waals surface area contributed by atoms with Gasteiger partial charge in [0, 0.05) is 12.2 Å². The first-order chi connectivity index (χ1) is 15.1. The van der Waals surface area contributed by atoms with Crippen molar-refractivity contribution in [3.8, 4) is 0 Å². The van der Waals surface area contributed by atoms with Crippen molar-refractivity contribution in [2.24, 2.45) is 23.7 Å². The first-order valence-corrected chi connectivity index (χ1v) is 12.8. The van der Waals surface area contributed by atoms with Gasteiger partial charge in [-0.05, 0) is 131 Å². The van der Waals surface area contributed by atoms with E-state index in [0.29, 0.717) is 24.9 Å². The highest BCUT2D eigenvalue weighted by Crippen LogP contribution is 2.49. The van der Waals surface area contributed by atoms with Gasteiger partial charge in [0.15, 0.2) is 0 Å². The van der Waals surface area contributed by atoms with Crippen LogP contribution in [0.5, 0.6) is 0 Å². The third kappa shape index (κ3) is 5.41. The summed E-state index contributed by atoms with van der Waals surface area (Å²) in [7, 11) is 0. The zero-order chi connectivity index (χ0) is 21.8. The molecule has 0 amide bonds. The normalized spacial score (nSPS) is 33.6. The molecule has 4 atom stereocenters. The molecule has 31 heavy (non-hydrogen) atoms. The predicted octanol–water partition coefficient (Wildman–Crippen LogP) is 7.98. The molecule has 0 aromatic heterocycles. The second-order valence-corrected chi connectivity index (χ2v) is 10.4. The zero-order valence-corrected chi connectivity index (χ0v) is 19.3. The number of halogens is 2. The molecule has 3 saturated carbocycles. The molecule has 4 unspecified atom stereocenters. The van der Waals surface area contributed by atoms with E-state index in [9.17, 15) is 8.78 Å². The van der Waals surface area contributed by atoms with Crippen LogP contribution in [0.1, 0.15) is 94.6 Å². The van der Waals surface area contributed by atoms with Crippen molar-refractivity contribution in [2.45, 2.75) is 96.0 Å². The van der Waals surface area contributed by atoms with E-state index in [-0.39, 0.29) is 17.2 Å². The van der Waals surface area contributed by atoms with Crippen LogP contribution in [0.3, 0.4) is 0 Å². The molecule has 0 heterocycles. The first kappa shape index (κ1) is 23.0. The Morgan fingerprint density at radius 1 is 0.871 bits per heavy atom. The summed E-state index contributed by atoms with van der Waals surface area (Å²) < 4.78 is 34.9. The van der Waals surface area contributed by atoms with Gasteiger partial charge in [-0.25, -0.2) is 8.78 Å². The van der Waals surface area contributed by atoms with Crippen molar-refractivity contribution in [1.29, 1.82) is 0 Å². The summed E-state index contributed by atoms with van der Waals surface area (Å²) in [4.78, 5) is 0. The minimum Gasteiger partial charge on any atom is -0.378 e. The highest BCUT2D eigenvalue weighted by atomic mass is 19.1. The first-order valence-electron chi connectivity index (χ1n) is 12.8. The van der Waals surface area contributed by atoms with Gasteiger partial charge in [0.05, 0.1) is 6.10 Å². The number of rotatable bonds is 7. The lowest BCUT2D eigenvalue weighted by atomic mass is 9.62. The quantitative estimate of drug-likeness (QED) is 0.398. The molecule has 3 fully saturated rings. The van der Waals surface area contributed by atoms with E-state index in [4.69, 9.17) is 4.74 Å². The molecule has 4 rings (SSSR count). The summed E-state index contributed by atoms with van der Waals surface area (Å²) in [5, 5.41) is 0. The van der Waals surface area contributed by atoms with E-state index in [1.165, 1.54) is 51.4 Å². The van der Waals surface area contributed by atoms with Gasteiger partial charge in [-0.15, -0.1) is 6.58 Å². The zero-order valence-electron chi connectivity index (χ0n) is 19.3. The van der Waals surface area contributed by atoms with E-state index in [1.54, 1.807) is 18.2 Å². The van der Waals surface area contributed by atoms with Crippen molar-refractivity contribution in [1.82, 2.24) is 0 Å². The number of allylic oxidation sites excluding steroid dienone is 1. The van der Waals surface area contributed by atoms with Crippen molar-refractivity contribution in [3.05, 3.63) is 47.5 Å². The fourth-order valence-electron chi connectivity index (χ4n) is 6.97.